The standard InChI is InChI=1S/C36H41N5O8S/c1-22(2)18-27(38-32(44)26(37)19-23-12-6-3-7-13-23)33(45)39-28(20-29(42)43)34(46)40-30(31(50)25-16-10-5-11-17-25)35(47)41-36(48)49-21-24-14-8-4-9-15-24/h3-17,22,26-28,30H,18-21,37H2,1-2H3,(H,38,44)(H,39,45)(H,40,46)(H,42,43)(H,41,47,48)/t26-,27-,28-,30-/m0/s1. The minimum atomic E-state index is -1.71. The van der Waals surface area contributed by atoms with Crippen LogP contribution in [0.25, 0.3) is 0 Å². The molecule has 0 unspecified atom stereocenters. The molecule has 0 aliphatic carbocycles. The van der Waals surface area contributed by atoms with E-state index in [4.69, 9.17) is 22.7 Å². The molecule has 0 heterocycles. The first kappa shape index (κ1) is 39.0. The topological polar surface area (TPSA) is 206 Å². The second-order valence-electron chi connectivity index (χ2n) is 11.9. The number of carbonyl (C=O) groups excluding carboxylic acids is 5. The SMILES string of the molecule is CC(C)C[C@H](NC(=O)[C@@H](N)Cc1ccccc1)C(=O)N[C@@H](CC(=O)O)C(=O)N[C@H](C(=O)NC(=O)OCc1ccccc1)C(=S)c1ccccc1. The predicted octanol–water partition coefficient (Wildman–Crippen LogP) is 2.40. The third-order valence-corrected chi connectivity index (χ3v) is 7.77. The van der Waals surface area contributed by atoms with Gasteiger partial charge in [-0.3, -0.25) is 29.3 Å². The summed E-state index contributed by atoms with van der Waals surface area (Å²) in [6.07, 6.45) is -1.64. The summed E-state index contributed by atoms with van der Waals surface area (Å²) in [5.74, 6) is -5.11. The Labute approximate surface area is 295 Å². The highest BCUT2D eigenvalue weighted by Crippen LogP contribution is 2.10. The van der Waals surface area contributed by atoms with E-state index in [9.17, 15) is 33.9 Å². The summed E-state index contributed by atoms with van der Waals surface area (Å²) in [6, 6.07) is 20.4. The first-order valence-corrected chi connectivity index (χ1v) is 16.3. The molecule has 0 saturated carbocycles. The molecule has 0 bridgehead atoms. The van der Waals surface area contributed by atoms with Crippen molar-refractivity contribution in [1.29, 1.82) is 0 Å². The largest absolute Gasteiger partial charge is 0.481 e. The normalized spacial score (nSPS) is 13.1. The first-order valence-electron chi connectivity index (χ1n) is 15.9. The maximum atomic E-state index is 13.6. The fraction of sp³-hybridized carbons (Fsp3) is 0.306. The van der Waals surface area contributed by atoms with Crippen LogP contribution in [-0.2, 0) is 41.7 Å². The zero-order valence-corrected chi connectivity index (χ0v) is 28.5. The molecule has 3 aromatic rings. The van der Waals surface area contributed by atoms with E-state index in [0.29, 0.717) is 11.1 Å². The number of nitrogens with two attached hydrogens (primary N) is 1. The Morgan fingerprint density at radius 3 is 1.80 bits per heavy atom. The highest BCUT2D eigenvalue weighted by atomic mass is 32.1. The predicted molar refractivity (Wildman–Crippen MR) is 189 cm³/mol. The Kier molecular flexibility index (Phi) is 15.2. The van der Waals surface area contributed by atoms with Crippen LogP contribution in [0, 0.1) is 5.92 Å². The summed E-state index contributed by atoms with van der Waals surface area (Å²) >= 11 is 5.51. The van der Waals surface area contributed by atoms with E-state index in [-0.39, 0.29) is 30.2 Å². The molecule has 5 amide bonds. The van der Waals surface area contributed by atoms with Gasteiger partial charge in [0.1, 0.15) is 24.7 Å². The summed E-state index contributed by atoms with van der Waals surface area (Å²) in [7, 11) is 0. The molecule has 13 nitrogen and oxygen atoms in total. The molecular formula is C36H41N5O8S. The van der Waals surface area contributed by atoms with Crippen molar-refractivity contribution >= 4 is 52.8 Å². The molecule has 0 radical (unpaired) electrons. The number of thiocarbonyl (C=S) groups is 1. The van der Waals surface area contributed by atoms with Crippen LogP contribution >= 0.6 is 12.2 Å². The van der Waals surface area contributed by atoms with E-state index >= 15 is 0 Å². The van der Waals surface area contributed by atoms with E-state index in [1.165, 1.54) is 0 Å². The number of carboxylic acids is 1. The van der Waals surface area contributed by atoms with Gasteiger partial charge in [0.05, 0.1) is 17.3 Å². The van der Waals surface area contributed by atoms with Gasteiger partial charge in [0, 0.05) is 0 Å². The number of alkyl carbamates (subject to hydrolysis) is 1. The molecule has 0 aliphatic rings. The van der Waals surface area contributed by atoms with E-state index in [0.717, 1.165) is 5.56 Å². The monoisotopic (exact) mass is 703 g/mol. The molecule has 4 atom stereocenters. The van der Waals surface area contributed by atoms with Gasteiger partial charge < -0.3 is 31.5 Å². The van der Waals surface area contributed by atoms with Crippen LogP contribution in [0.15, 0.2) is 91.0 Å². The van der Waals surface area contributed by atoms with Crippen LogP contribution in [0.5, 0.6) is 0 Å². The third kappa shape index (κ3) is 12.9. The second-order valence-corrected chi connectivity index (χ2v) is 12.3. The van der Waals surface area contributed by atoms with Gasteiger partial charge >= 0.3 is 12.1 Å². The van der Waals surface area contributed by atoms with Gasteiger partial charge in [-0.05, 0) is 35.4 Å². The third-order valence-electron chi connectivity index (χ3n) is 7.29. The zero-order valence-electron chi connectivity index (χ0n) is 27.7. The maximum absolute atomic E-state index is 13.6. The van der Waals surface area contributed by atoms with Crippen LogP contribution in [0.2, 0.25) is 0 Å². The number of carboxylic acid groups (broad SMARTS) is 1. The van der Waals surface area contributed by atoms with Crippen LogP contribution in [0.1, 0.15) is 43.4 Å². The van der Waals surface area contributed by atoms with Gasteiger partial charge in [0.2, 0.25) is 17.7 Å². The summed E-state index contributed by atoms with van der Waals surface area (Å²) in [6.45, 7) is 3.49. The number of amides is 5. The van der Waals surface area contributed by atoms with Crippen molar-refractivity contribution in [2.24, 2.45) is 11.7 Å². The van der Waals surface area contributed by atoms with Crippen molar-refractivity contribution in [2.75, 3.05) is 0 Å². The number of benzene rings is 3. The van der Waals surface area contributed by atoms with Crippen molar-refractivity contribution in [2.45, 2.75) is 63.9 Å². The zero-order chi connectivity index (χ0) is 36.6. The average molecular weight is 704 g/mol. The molecule has 3 rings (SSSR count). The smallest absolute Gasteiger partial charge is 0.414 e. The fourth-order valence-electron chi connectivity index (χ4n) is 4.79. The summed E-state index contributed by atoms with van der Waals surface area (Å²) in [5.41, 5.74) is 7.96. The van der Waals surface area contributed by atoms with Crippen molar-refractivity contribution in [3.8, 4) is 0 Å². The van der Waals surface area contributed by atoms with Crippen molar-refractivity contribution < 1.29 is 38.6 Å². The lowest BCUT2D eigenvalue weighted by molar-refractivity contribution is -0.141. The van der Waals surface area contributed by atoms with Gasteiger partial charge in [-0.25, -0.2) is 4.79 Å². The Balaban J connectivity index is 1.77. The molecule has 7 N–H and O–H groups in total. The van der Waals surface area contributed by atoms with Crippen LogP contribution in [0.4, 0.5) is 4.79 Å². The molecule has 0 spiro atoms. The van der Waals surface area contributed by atoms with Gasteiger partial charge in [-0.2, -0.15) is 0 Å². The lowest BCUT2D eigenvalue weighted by Crippen LogP contribution is -2.59. The lowest BCUT2D eigenvalue weighted by atomic mass is 10.0. The molecular weight excluding hydrogens is 662 g/mol. The van der Waals surface area contributed by atoms with Gasteiger partial charge in [0.25, 0.3) is 5.91 Å². The fourth-order valence-corrected chi connectivity index (χ4v) is 5.09. The number of carbonyl (C=O) groups is 6. The Bertz CT molecular complexity index is 1640. The maximum Gasteiger partial charge on any atom is 0.414 e. The van der Waals surface area contributed by atoms with E-state index in [2.05, 4.69) is 21.3 Å². The molecule has 3 aromatic carbocycles. The quantitative estimate of drug-likeness (QED) is 0.0895. The van der Waals surface area contributed by atoms with E-state index in [1.807, 2.05) is 32.0 Å². The van der Waals surface area contributed by atoms with Crippen molar-refractivity contribution in [3.05, 3.63) is 108 Å². The summed E-state index contributed by atoms with van der Waals surface area (Å²) in [5, 5.41) is 19.1. The Hall–Kier alpha value is -5.47. The Morgan fingerprint density at radius 1 is 0.720 bits per heavy atom. The second kappa shape index (κ2) is 19.5. The van der Waals surface area contributed by atoms with Crippen molar-refractivity contribution in [1.82, 2.24) is 21.3 Å². The number of aliphatic carboxylic acids is 1. The summed E-state index contributed by atoms with van der Waals surface area (Å²) in [4.78, 5) is 77.7. The molecule has 0 saturated heterocycles. The number of ether oxygens (including phenoxy) is 1. The summed E-state index contributed by atoms with van der Waals surface area (Å²) < 4.78 is 5.13. The molecule has 14 heteroatoms. The van der Waals surface area contributed by atoms with Gasteiger partial charge in [0.15, 0.2) is 0 Å². The van der Waals surface area contributed by atoms with Gasteiger partial charge in [-0.15, -0.1) is 0 Å². The highest BCUT2D eigenvalue weighted by Gasteiger charge is 2.34. The van der Waals surface area contributed by atoms with E-state index in [1.54, 1.807) is 72.8 Å². The molecule has 0 aromatic heterocycles. The molecule has 0 aliphatic heterocycles. The Morgan fingerprint density at radius 2 is 1.24 bits per heavy atom. The van der Waals surface area contributed by atoms with Crippen LogP contribution < -0.4 is 27.0 Å². The number of rotatable bonds is 17. The van der Waals surface area contributed by atoms with E-state index < -0.39 is 66.3 Å². The number of imide groups is 1. The molecule has 0 fully saturated rings. The molecule has 50 heavy (non-hydrogen) atoms. The number of hydrogen-bond donors (Lipinski definition) is 6. The lowest BCUT2D eigenvalue weighted by Gasteiger charge is -2.26. The van der Waals surface area contributed by atoms with Crippen LogP contribution in [0.3, 0.4) is 0 Å². The first-order chi connectivity index (χ1) is 23.8. The minimum absolute atomic E-state index is 0.0925. The highest BCUT2D eigenvalue weighted by molar-refractivity contribution is 7.81. The van der Waals surface area contributed by atoms with Crippen LogP contribution in [-0.4, -0.2) is 69.8 Å². The number of nitrogens with one attached hydrogen (secondary N) is 4. The van der Waals surface area contributed by atoms with Crippen molar-refractivity contribution in [3.63, 3.8) is 0 Å². The number of hydrogen-bond acceptors (Lipinski definition) is 9. The molecule has 264 valence electrons. The van der Waals surface area contributed by atoms with Gasteiger partial charge in [-0.1, -0.05) is 117 Å². The average Bonchev–Trinajstić information content (AvgIpc) is 3.09. The minimum Gasteiger partial charge on any atom is -0.481 e.